The molecule has 5 heteroatoms. The number of hydrogen-bond acceptors (Lipinski definition) is 3. The van der Waals surface area contributed by atoms with E-state index in [0.29, 0.717) is 18.4 Å². The lowest BCUT2D eigenvalue weighted by atomic mass is 9.76. The van der Waals surface area contributed by atoms with Gasteiger partial charge in [-0.25, -0.2) is 4.39 Å². The van der Waals surface area contributed by atoms with Gasteiger partial charge in [0.1, 0.15) is 5.82 Å². The van der Waals surface area contributed by atoms with Gasteiger partial charge < -0.3 is 5.11 Å². The zero-order chi connectivity index (χ0) is 16.4. The predicted octanol–water partition coefficient (Wildman–Crippen LogP) is 2.96. The molecule has 0 radical (unpaired) electrons. The van der Waals surface area contributed by atoms with Gasteiger partial charge in [-0.15, -0.1) is 0 Å². The number of carbonyl (C=O) groups is 2. The lowest BCUT2D eigenvalue weighted by Gasteiger charge is -2.37. The molecule has 1 heterocycles. The Morgan fingerprint density at radius 1 is 1.09 bits per heavy atom. The van der Waals surface area contributed by atoms with Gasteiger partial charge in [-0.2, -0.15) is 0 Å². The van der Waals surface area contributed by atoms with Crippen LogP contribution in [0.15, 0.2) is 24.3 Å². The second-order valence-corrected chi connectivity index (χ2v) is 6.86. The highest BCUT2D eigenvalue weighted by atomic mass is 19.1. The zero-order valence-electron chi connectivity index (χ0n) is 13.1. The summed E-state index contributed by atoms with van der Waals surface area (Å²) in [6.45, 7) is 0.215. The Labute approximate surface area is 135 Å². The first-order chi connectivity index (χ1) is 11.0. The van der Waals surface area contributed by atoms with Gasteiger partial charge in [0.15, 0.2) is 0 Å². The average molecular weight is 319 g/mol. The van der Waals surface area contributed by atoms with Crippen molar-refractivity contribution >= 4 is 11.8 Å². The number of amides is 2. The normalized spacial score (nSPS) is 21.9. The van der Waals surface area contributed by atoms with E-state index in [1.807, 2.05) is 0 Å². The Morgan fingerprint density at radius 2 is 1.65 bits per heavy atom. The molecule has 1 N–H and O–H groups in total. The lowest BCUT2D eigenvalue weighted by Crippen LogP contribution is -2.47. The van der Waals surface area contributed by atoms with E-state index in [4.69, 9.17) is 0 Å². The predicted molar refractivity (Wildman–Crippen MR) is 82.8 cm³/mol. The van der Waals surface area contributed by atoms with Crippen molar-refractivity contribution in [3.8, 4) is 0 Å². The smallest absolute Gasteiger partial charge is 0.229 e. The molecule has 2 amide bonds. The third-order valence-corrected chi connectivity index (χ3v) is 5.20. The van der Waals surface area contributed by atoms with Gasteiger partial charge in [-0.05, 0) is 42.4 Å². The van der Waals surface area contributed by atoms with Gasteiger partial charge in [0, 0.05) is 19.4 Å². The number of hydrogen-bond donors (Lipinski definition) is 1. The second-order valence-electron chi connectivity index (χ2n) is 6.86. The molecule has 124 valence electrons. The van der Waals surface area contributed by atoms with Crippen LogP contribution in [0.4, 0.5) is 4.39 Å². The van der Waals surface area contributed by atoms with Crippen molar-refractivity contribution in [3.63, 3.8) is 0 Å². The Bertz CT molecular complexity index is 573. The van der Waals surface area contributed by atoms with Crippen LogP contribution in [0.2, 0.25) is 0 Å². The monoisotopic (exact) mass is 319 g/mol. The zero-order valence-corrected chi connectivity index (χ0v) is 13.1. The summed E-state index contributed by atoms with van der Waals surface area (Å²) < 4.78 is 12.9. The number of imide groups is 1. The van der Waals surface area contributed by atoms with Crippen molar-refractivity contribution < 1.29 is 19.1 Å². The summed E-state index contributed by atoms with van der Waals surface area (Å²) in [5, 5.41) is 10.1. The van der Waals surface area contributed by atoms with E-state index in [1.165, 1.54) is 29.2 Å². The number of piperidine rings is 1. The first-order valence-electron chi connectivity index (χ1n) is 8.26. The van der Waals surface area contributed by atoms with Crippen molar-refractivity contribution in [2.45, 2.75) is 51.0 Å². The highest BCUT2D eigenvalue weighted by Gasteiger charge is 2.44. The molecule has 1 aliphatic carbocycles. The first-order valence-corrected chi connectivity index (χ1v) is 8.26. The van der Waals surface area contributed by atoms with Crippen molar-refractivity contribution in [1.29, 1.82) is 0 Å². The maximum absolute atomic E-state index is 12.9. The third kappa shape index (κ3) is 3.44. The standard InChI is InChI=1S/C18H22FNO3/c19-14-5-3-13(4-6-14)15(21)7-10-20-16(22)11-18(12-17(20)23)8-1-2-9-18/h3-6,15,21H,1-2,7-12H2. The molecule has 0 bridgehead atoms. The number of benzene rings is 1. The molecule has 1 spiro atoms. The maximum Gasteiger partial charge on any atom is 0.229 e. The van der Waals surface area contributed by atoms with Gasteiger partial charge in [-0.3, -0.25) is 14.5 Å². The molecule has 4 nitrogen and oxygen atoms in total. The molecule has 1 saturated carbocycles. The Morgan fingerprint density at radius 3 is 2.22 bits per heavy atom. The molecule has 2 aliphatic rings. The number of carbonyl (C=O) groups excluding carboxylic acids is 2. The largest absolute Gasteiger partial charge is 0.388 e. The third-order valence-electron chi connectivity index (χ3n) is 5.20. The van der Waals surface area contributed by atoms with Gasteiger partial charge in [-0.1, -0.05) is 25.0 Å². The molecule has 2 fully saturated rings. The topological polar surface area (TPSA) is 57.6 Å². The van der Waals surface area contributed by atoms with Crippen LogP contribution >= 0.6 is 0 Å². The summed E-state index contributed by atoms with van der Waals surface area (Å²) in [6.07, 6.45) is 4.51. The molecule has 1 atom stereocenters. The number of aliphatic hydroxyl groups excluding tert-OH is 1. The number of halogens is 1. The molecule has 0 aromatic heterocycles. The molecular weight excluding hydrogens is 297 g/mol. The van der Waals surface area contributed by atoms with Crippen LogP contribution in [0.1, 0.15) is 56.6 Å². The number of likely N-dealkylation sites (tertiary alicyclic amines) is 1. The summed E-state index contributed by atoms with van der Waals surface area (Å²) in [6, 6.07) is 5.62. The summed E-state index contributed by atoms with van der Waals surface area (Å²) in [7, 11) is 0. The highest BCUT2D eigenvalue weighted by molar-refractivity contribution is 5.98. The Balaban J connectivity index is 1.58. The van der Waals surface area contributed by atoms with Crippen LogP contribution in [-0.4, -0.2) is 28.4 Å². The van der Waals surface area contributed by atoms with Crippen LogP contribution in [-0.2, 0) is 9.59 Å². The molecule has 1 unspecified atom stereocenters. The summed E-state index contributed by atoms with van der Waals surface area (Å²) in [4.78, 5) is 26.0. The van der Waals surface area contributed by atoms with Crippen LogP contribution in [0.5, 0.6) is 0 Å². The fourth-order valence-corrected chi connectivity index (χ4v) is 3.86. The maximum atomic E-state index is 12.9. The Hall–Kier alpha value is -1.75. The van der Waals surface area contributed by atoms with Crippen molar-refractivity contribution in [1.82, 2.24) is 4.90 Å². The van der Waals surface area contributed by atoms with Crippen LogP contribution < -0.4 is 0 Å². The molecule has 3 rings (SSSR count). The molecule has 1 saturated heterocycles. The summed E-state index contributed by atoms with van der Waals surface area (Å²) in [5.74, 6) is -0.590. The number of aliphatic hydroxyl groups is 1. The number of nitrogens with zero attached hydrogens (tertiary/aromatic N) is 1. The van der Waals surface area contributed by atoms with Crippen LogP contribution in [0.25, 0.3) is 0 Å². The minimum absolute atomic E-state index is 0.0970. The fourth-order valence-electron chi connectivity index (χ4n) is 3.86. The fraction of sp³-hybridized carbons (Fsp3) is 0.556. The average Bonchev–Trinajstić information content (AvgIpc) is 2.94. The van der Waals surface area contributed by atoms with Crippen LogP contribution in [0, 0.1) is 11.2 Å². The van der Waals surface area contributed by atoms with E-state index in [1.54, 1.807) is 0 Å². The van der Waals surface area contributed by atoms with Gasteiger partial charge >= 0.3 is 0 Å². The van der Waals surface area contributed by atoms with Crippen molar-refractivity contribution in [3.05, 3.63) is 35.6 Å². The Kier molecular flexibility index (Phi) is 4.48. The number of rotatable bonds is 4. The van der Waals surface area contributed by atoms with Gasteiger partial charge in [0.2, 0.25) is 11.8 Å². The van der Waals surface area contributed by atoms with E-state index >= 15 is 0 Å². The van der Waals surface area contributed by atoms with E-state index in [0.717, 1.165) is 25.7 Å². The van der Waals surface area contributed by atoms with Crippen LogP contribution in [0.3, 0.4) is 0 Å². The molecule has 1 aromatic carbocycles. The minimum Gasteiger partial charge on any atom is -0.388 e. The first kappa shape index (κ1) is 16.1. The van der Waals surface area contributed by atoms with E-state index < -0.39 is 6.10 Å². The molecule has 1 aliphatic heterocycles. The second kappa shape index (κ2) is 6.40. The van der Waals surface area contributed by atoms with E-state index in [2.05, 4.69) is 0 Å². The summed E-state index contributed by atoms with van der Waals surface area (Å²) in [5.41, 5.74) is 0.496. The lowest BCUT2D eigenvalue weighted by molar-refractivity contribution is -0.153. The van der Waals surface area contributed by atoms with E-state index in [-0.39, 0.29) is 36.0 Å². The summed E-state index contributed by atoms with van der Waals surface area (Å²) >= 11 is 0. The van der Waals surface area contributed by atoms with Crippen molar-refractivity contribution in [2.75, 3.05) is 6.54 Å². The van der Waals surface area contributed by atoms with Gasteiger partial charge in [0.25, 0.3) is 0 Å². The minimum atomic E-state index is -0.807. The molecule has 23 heavy (non-hydrogen) atoms. The van der Waals surface area contributed by atoms with Crippen molar-refractivity contribution in [2.24, 2.45) is 5.41 Å². The SMILES string of the molecule is O=C1CC2(CCCC2)CC(=O)N1CCC(O)c1ccc(F)cc1. The molecule has 1 aromatic rings. The highest BCUT2D eigenvalue weighted by Crippen LogP contribution is 2.46. The van der Waals surface area contributed by atoms with Gasteiger partial charge in [0.05, 0.1) is 6.10 Å². The molecular formula is C18H22FNO3. The van der Waals surface area contributed by atoms with E-state index in [9.17, 15) is 19.1 Å². The quantitative estimate of drug-likeness (QED) is 0.868.